The first kappa shape index (κ1) is 47.6. The Labute approximate surface area is 338 Å². The first-order valence-corrected chi connectivity index (χ1v) is 19.1. The van der Waals surface area contributed by atoms with Crippen molar-refractivity contribution in [2.45, 2.75) is 82.5 Å². The van der Waals surface area contributed by atoms with Gasteiger partial charge in [0.15, 0.2) is 11.9 Å². The van der Waals surface area contributed by atoms with E-state index < -0.39 is 41.8 Å². The number of hydrogen-bond donors (Lipinski definition) is 9. The number of nitrogens with zero attached hydrogens (tertiary/aromatic N) is 6. The maximum atomic E-state index is 13.2. The second-order valence-corrected chi connectivity index (χ2v) is 13.4. The molecule has 1 unspecified atom stereocenters. The molecule has 0 spiro atoms. The average Bonchev–Trinajstić information content (AvgIpc) is 3.92. The minimum atomic E-state index is -1.04. The van der Waals surface area contributed by atoms with Gasteiger partial charge in [-0.1, -0.05) is 6.07 Å². The van der Waals surface area contributed by atoms with Crippen LogP contribution in [0.3, 0.4) is 0 Å². The number of hydrogen-bond acceptors (Lipinski definition) is 11. The van der Waals surface area contributed by atoms with Gasteiger partial charge in [0.2, 0.25) is 35.9 Å². The lowest BCUT2D eigenvalue weighted by Gasteiger charge is -2.27. The SMILES string of the molecule is C[C@H](CCCN=C(N)N)NC(=O)C1CCCN1C(=O)CNC(=O)[C@H](CCCN=C(N)N)NC(=O)[C@H]1CCCN1C(=O)CNC=O.Nc1cccnc1.c1ccncc1. The highest BCUT2D eigenvalue weighted by atomic mass is 16.2. The van der Waals surface area contributed by atoms with Gasteiger partial charge in [-0.25, -0.2) is 0 Å². The fourth-order valence-corrected chi connectivity index (χ4v) is 6.04. The zero-order chi connectivity index (χ0) is 42.7. The second kappa shape index (κ2) is 27.1. The number of anilines is 1. The largest absolute Gasteiger partial charge is 0.397 e. The van der Waals surface area contributed by atoms with E-state index in [1.807, 2.05) is 25.1 Å². The van der Waals surface area contributed by atoms with Crippen LogP contribution in [0.4, 0.5) is 5.69 Å². The number of carbonyl (C=O) groups is 6. The molecule has 4 rings (SSSR count). The number of carbonyl (C=O) groups excluding carboxylic acids is 6. The van der Waals surface area contributed by atoms with E-state index in [0.717, 1.165) is 0 Å². The van der Waals surface area contributed by atoms with E-state index in [1.165, 1.54) is 9.80 Å². The number of guanidine groups is 2. The monoisotopic (exact) mass is 809 g/mol. The highest BCUT2D eigenvalue weighted by Gasteiger charge is 2.37. The Morgan fingerprint density at radius 1 is 0.793 bits per heavy atom. The van der Waals surface area contributed by atoms with Crippen LogP contribution in [0.25, 0.3) is 0 Å². The number of rotatable bonds is 18. The summed E-state index contributed by atoms with van der Waals surface area (Å²) in [5.74, 6) is -2.34. The van der Waals surface area contributed by atoms with E-state index in [2.05, 4.69) is 41.2 Å². The van der Waals surface area contributed by atoms with Crippen LogP contribution >= 0.6 is 0 Å². The van der Waals surface area contributed by atoms with E-state index in [1.54, 1.807) is 36.9 Å². The van der Waals surface area contributed by atoms with Gasteiger partial charge in [0.25, 0.3) is 0 Å². The first-order chi connectivity index (χ1) is 27.8. The minimum Gasteiger partial charge on any atom is -0.397 e. The smallest absolute Gasteiger partial charge is 0.243 e. The molecule has 4 atom stereocenters. The number of likely N-dealkylation sites (tertiary alicyclic amines) is 2. The van der Waals surface area contributed by atoms with Gasteiger partial charge in [-0.2, -0.15) is 0 Å². The molecule has 0 aliphatic carbocycles. The predicted molar refractivity (Wildman–Crippen MR) is 219 cm³/mol. The van der Waals surface area contributed by atoms with Gasteiger partial charge in [0.05, 0.1) is 18.8 Å². The fraction of sp³-hybridized carbons (Fsp3) is 0.514. The van der Waals surface area contributed by atoms with Crippen molar-refractivity contribution in [3.8, 4) is 0 Å². The number of nitrogens with two attached hydrogens (primary N) is 5. The number of nitrogen functional groups attached to an aromatic ring is 1. The van der Waals surface area contributed by atoms with Crippen LogP contribution in [-0.4, -0.2) is 131 Å². The van der Waals surface area contributed by atoms with E-state index in [0.29, 0.717) is 76.7 Å². The minimum absolute atomic E-state index is 0.00987. The normalized spacial score (nSPS) is 16.4. The Balaban J connectivity index is 0.000000746. The van der Waals surface area contributed by atoms with Crippen LogP contribution in [-0.2, 0) is 28.8 Å². The molecule has 0 radical (unpaired) electrons. The third-order valence-corrected chi connectivity index (χ3v) is 8.81. The number of pyridine rings is 2. The molecule has 2 aromatic rings. The van der Waals surface area contributed by atoms with Crippen molar-refractivity contribution in [1.29, 1.82) is 0 Å². The third-order valence-electron chi connectivity index (χ3n) is 8.81. The van der Waals surface area contributed by atoms with E-state index in [9.17, 15) is 28.8 Å². The summed E-state index contributed by atoms with van der Waals surface area (Å²) in [5.41, 5.74) is 27.4. The number of nitrogens with one attached hydrogen (secondary N) is 4. The van der Waals surface area contributed by atoms with Gasteiger partial charge < -0.3 is 59.7 Å². The number of aromatic nitrogens is 2. The van der Waals surface area contributed by atoms with E-state index in [4.69, 9.17) is 28.7 Å². The van der Waals surface area contributed by atoms with Crippen LogP contribution in [0.15, 0.2) is 65.1 Å². The Bertz CT molecular complexity index is 1600. The van der Waals surface area contributed by atoms with Crippen molar-refractivity contribution in [3.05, 3.63) is 55.1 Å². The van der Waals surface area contributed by atoms with E-state index >= 15 is 0 Å². The number of aliphatic imine (C=N–C) groups is 2. The molecule has 0 bridgehead atoms. The molecule has 2 fully saturated rings. The Hall–Kier alpha value is -6.54. The Kier molecular flexibility index (Phi) is 22.3. The summed E-state index contributed by atoms with van der Waals surface area (Å²) in [6.45, 7) is 2.61. The van der Waals surface area contributed by atoms with Gasteiger partial charge >= 0.3 is 0 Å². The zero-order valence-electron chi connectivity index (χ0n) is 33.0. The topological polar surface area (TPSA) is 338 Å². The molecule has 6 amide bonds. The molecule has 14 N–H and O–H groups in total. The third kappa shape index (κ3) is 18.9. The molecule has 2 aliphatic rings. The van der Waals surface area contributed by atoms with Crippen molar-refractivity contribution < 1.29 is 28.8 Å². The second-order valence-electron chi connectivity index (χ2n) is 13.4. The maximum absolute atomic E-state index is 13.2. The van der Waals surface area contributed by atoms with Gasteiger partial charge in [-0.3, -0.25) is 48.7 Å². The molecule has 21 heteroatoms. The van der Waals surface area contributed by atoms with Crippen molar-refractivity contribution in [2.24, 2.45) is 32.9 Å². The van der Waals surface area contributed by atoms with Gasteiger partial charge in [0, 0.05) is 57.0 Å². The van der Waals surface area contributed by atoms with Gasteiger partial charge in [-0.15, -0.1) is 0 Å². The summed E-state index contributed by atoms with van der Waals surface area (Å²) in [6, 6.07) is 6.65. The van der Waals surface area contributed by atoms with Crippen molar-refractivity contribution in [1.82, 2.24) is 41.0 Å². The van der Waals surface area contributed by atoms with Crippen LogP contribution in [0.5, 0.6) is 0 Å². The van der Waals surface area contributed by atoms with Crippen molar-refractivity contribution in [2.75, 3.05) is 45.0 Å². The van der Waals surface area contributed by atoms with Crippen LogP contribution < -0.4 is 49.9 Å². The molecule has 0 saturated carbocycles. The summed E-state index contributed by atoms with van der Waals surface area (Å²) < 4.78 is 0. The molecule has 4 heterocycles. The molecule has 2 saturated heterocycles. The van der Waals surface area contributed by atoms with Crippen molar-refractivity contribution >= 4 is 53.6 Å². The standard InChI is InChI=1S/C27H48N12O6.C5H6N2.C5H5N/c1-17(6-2-10-33-26(28)29)36-24(44)19-8-4-13-39(19)22(42)15-35-23(43)18(7-3-11-34-27(30)31)37-25(45)20-9-5-12-38(20)21(41)14-32-16-40;6-5-2-1-3-7-4-5;1-2-4-6-5-3-1/h16-20H,2-15H2,1H3,(H,32,40)(H,35,43)(H,36,44)(H,37,45)(H4,28,29,33)(H4,30,31,34);1-4H,6H2;1-5H/t17-,18+,19?,20-;;/m1../s1. The first-order valence-electron chi connectivity index (χ1n) is 19.1. The lowest BCUT2D eigenvalue weighted by atomic mass is 10.1. The van der Waals surface area contributed by atoms with Gasteiger partial charge in [0.1, 0.15) is 18.1 Å². The van der Waals surface area contributed by atoms with E-state index in [-0.39, 0.29) is 49.9 Å². The molecule has 0 aromatic carbocycles. The van der Waals surface area contributed by atoms with Crippen LogP contribution in [0.1, 0.15) is 58.3 Å². The lowest BCUT2D eigenvalue weighted by Crippen LogP contribution is -2.55. The van der Waals surface area contributed by atoms with Crippen LogP contribution in [0, 0.1) is 0 Å². The summed E-state index contributed by atoms with van der Waals surface area (Å²) in [7, 11) is 0. The molecule has 21 nitrogen and oxygen atoms in total. The predicted octanol–water partition coefficient (Wildman–Crippen LogP) is -2.33. The summed E-state index contributed by atoms with van der Waals surface area (Å²) in [6.07, 6.45) is 11.1. The summed E-state index contributed by atoms with van der Waals surface area (Å²) in [5, 5.41) is 10.5. The van der Waals surface area contributed by atoms with Crippen LogP contribution in [0.2, 0.25) is 0 Å². The summed E-state index contributed by atoms with van der Waals surface area (Å²) >= 11 is 0. The Morgan fingerprint density at radius 2 is 1.34 bits per heavy atom. The average molecular weight is 810 g/mol. The molecule has 58 heavy (non-hydrogen) atoms. The number of amides is 6. The van der Waals surface area contributed by atoms with Crippen molar-refractivity contribution in [3.63, 3.8) is 0 Å². The quantitative estimate of drug-likeness (QED) is 0.0331. The molecule has 2 aliphatic heterocycles. The molecular weight excluding hydrogens is 751 g/mol. The highest BCUT2D eigenvalue weighted by Crippen LogP contribution is 2.19. The fourth-order valence-electron chi connectivity index (χ4n) is 6.04. The lowest BCUT2D eigenvalue weighted by molar-refractivity contribution is -0.140. The zero-order valence-corrected chi connectivity index (χ0v) is 33.0. The maximum Gasteiger partial charge on any atom is 0.243 e. The molecular formula is C37H59N15O6. The Morgan fingerprint density at radius 3 is 1.81 bits per heavy atom. The molecule has 318 valence electrons. The summed E-state index contributed by atoms with van der Waals surface area (Å²) in [4.78, 5) is 93.7. The molecule has 2 aromatic heterocycles. The van der Waals surface area contributed by atoms with Gasteiger partial charge in [-0.05, 0) is 82.6 Å². The highest BCUT2D eigenvalue weighted by molar-refractivity contribution is 5.95.